The molecule has 1 aliphatic carbocycles. The van der Waals surface area contributed by atoms with Gasteiger partial charge >= 0.3 is 0 Å². The molecule has 0 bridgehead atoms. The fourth-order valence-corrected chi connectivity index (χ4v) is 2.24. The molecule has 1 fully saturated rings. The number of nitrogens with zero attached hydrogens (tertiary/aromatic N) is 2. The van der Waals surface area contributed by atoms with E-state index in [2.05, 4.69) is 35.1 Å². The van der Waals surface area contributed by atoms with Crippen LogP contribution in [0.5, 0.6) is 0 Å². The predicted octanol–water partition coefficient (Wildman–Crippen LogP) is 2.79. The fraction of sp³-hybridized carbons (Fsp3) is 0.786. The molecule has 1 atom stereocenters. The van der Waals surface area contributed by atoms with E-state index in [1.54, 1.807) is 0 Å². The fourth-order valence-electron chi connectivity index (χ4n) is 2.24. The predicted molar refractivity (Wildman–Crippen MR) is 71.1 cm³/mol. The van der Waals surface area contributed by atoms with Gasteiger partial charge in [-0.15, -0.1) is 0 Å². The minimum atomic E-state index is 0.599. The van der Waals surface area contributed by atoms with Crippen molar-refractivity contribution in [1.29, 1.82) is 0 Å². The average Bonchev–Trinajstić information content (AvgIpc) is 3.08. The van der Waals surface area contributed by atoms with Crippen molar-refractivity contribution in [3.63, 3.8) is 0 Å². The molecule has 17 heavy (non-hydrogen) atoms. The minimum Gasteiger partial charge on any atom is -0.317 e. The van der Waals surface area contributed by atoms with Gasteiger partial charge in [0.05, 0.1) is 12.2 Å². The van der Waals surface area contributed by atoms with Gasteiger partial charge in [-0.3, -0.25) is 4.68 Å². The number of hydrogen-bond acceptors (Lipinski definition) is 2. The number of aromatic nitrogens is 2. The zero-order valence-electron chi connectivity index (χ0n) is 11.2. The van der Waals surface area contributed by atoms with Gasteiger partial charge in [0.1, 0.15) is 0 Å². The minimum absolute atomic E-state index is 0.599. The molecular formula is C14H25N3. The van der Waals surface area contributed by atoms with Crippen LogP contribution in [0, 0.1) is 5.92 Å². The molecule has 1 aliphatic rings. The Labute approximate surface area is 105 Å². The second-order valence-corrected chi connectivity index (χ2v) is 5.26. The summed E-state index contributed by atoms with van der Waals surface area (Å²) < 4.78 is 2.16. The third kappa shape index (κ3) is 3.84. The first kappa shape index (κ1) is 12.6. The quantitative estimate of drug-likeness (QED) is 0.702. The molecule has 1 saturated carbocycles. The Bertz CT molecular complexity index is 328. The van der Waals surface area contributed by atoms with E-state index < -0.39 is 0 Å². The zero-order valence-corrected chi connectivity index (χ0v) is 11.2. The summed E-state index contributed by atoms with van der Waals surface area (Å²) in [6.07, 6.45) is 10.6. The molecule has 0 amide bonds. The van der Waals surface area contributed by atoms with Gasteiger partial charge in [-0.05, 0) is 63.6 Å². The number of aryl methyl sites for hydroxylation is 1. The van der Waals surface area contributed by atoms with Crippen LogP contribution >= 0.6 is 0 Å². The first-order chi connectivity index (χ1) is 8.31. The average molecular weight is 235 g/mol. The molecule has 0 aliphatic heterocycles. The monoisotopic (exact) mass is 235 g/mol. The summed E-state index contributed by atoms with van der Waals surface area (Å²) in [6, 6.07) is 0.599. The van der Waals surface area contributed by atoms with Crippen LogP contribution in [0.3, 0.4) is 0 Å². The summed E-state index contributed by atoms with van der Waals surface area (Å²) in [6.45, 7) is 6.75. The second-order valence-electron chi connectivity index (χ2n) is 5.26. The smallest absolute Gasteiger partial charge is 0.0521 e. The van der Waals surface area contributed by atoms with Crippen LogP contribution in [0.2, 0.25) is 0 Å². The van der Waals surface area contributed by atoms with Gasteiger partial charge in [0.25, 0.3) is 0 Å². The standard InChI is InChI=1S/C14H25N3/c1-3-8-15-9-4-5-13-10-16-17(11-13)12(2)14-6-7-14/h10-12,14-15H,3-9H2,1-2H3. The molecular weight excluding hydrogens is 210 g/mol. The lowest BCUT2D eigenvalue weighted by atomic mass is 10.2. The second kappa shape index (κ2) is 6.20. The molecule has 3 nitrogen and oxygen atoms in total. The van der Waals surface area contributed by atoms with Crippen molar-refractivity contribution in [3.8, 4) is 0 Å². The van der Waals surface area contributed by atoms with Gasteiger partial charge in [0, 0.05) is 6.20 Å². The molecule has 1 N–H and O–H groups in total. The molecule has 0 aromatic carbocycles. The Balaban J connectivity index is 1.70. The molecule has 0 spiro atoms. The Hall–Kier alpha value is -0.830. The van der Waals surface area contributed by atoms with Crippen LogP contribution < -0.4 is 5.32 Å². The van der Waals surface area contributed by atoms with E-state index in [0.717, 1.165) is 25.4 Å². The molecule has 1 heterocycles. The zero-order chi connectivity index (χ0) is 12.1. The van der Waals surface area contributed by atoms with Crippen LogP contribution in [0.1, 0.15) is 51.1 Å². The molecule has 1 aromatic heterocycles. The lowest BCUT2D eigenvalue weighted by molar-refractivity contribution is 0.439. The van der Waals surface area contributed by atoms with Crippen LogP contribution in [-0.2, 0) is 6.42 Å². The van der Waals surface area contributed by atoms with E-state index in [1.807, 2.05) is 6.20 Å². The SMILES string of the molecule is CCCNCCCc1cnn(C(C)C2CC2)c1. The summed E-state index contributed by atoms with van der Waals surface area (Å²) in [7, 11) is 0. The maximum atomic E-state index is 4.49. The van der Waals surface area contributed by atoms with Gasteiger partial charge < -0.3 is 5.32 Å². The van der Waals surface area contributed by atoms with Crippen LogP contribution in [0.4, 0.5) is 0 Å². The highest BCUT2D eigenvalue weighted by atomic mass is 15.3. The van der Waals surface area contributed by atoms with Crippen molar-refractivity contribution in [2.75, 3.05) is 13.1 Å². The maximum Gasteiger partial charge on any atom is 0.0521 e. The summed E-state index contributed by atoms with van der Waals surface area (Å²) >= 11 is 0. The summed E-state index contributed by atoms with van der Waals surface area (Å²) in [5.74, 6) is 0.883. The molecule has 0 radical (unpaired) electrons. The molecule has 2 rings (SSSR count). The molecule has 1 aromatic rings. The van der Waals surface area contributed by atoms with Crippen LogP contribution in [-0.4, -0.2) is 22.9 Å². The van der Waals surface area contributed by atoms with E-state index >= 15 is 0 Å². The molecule has 96 valence electrons. The first-order valence-corrected chi connectivity index (χ1v) is 7.05. The van der Waals surface area contributed by atoms with Crippen molar-refractivity contribution in [3.05, 3.63) is 18.0 Å². The first-order valence-electron chi connectivity index (χ1n) is 7.05. The highest BCUT2D eigenvalue weighted by Gasteiger charge is 2.29. The highest BCUT2D eigenvalue weighted by molar-refractivity contribution is 5.05. The number of rotatable bonds is 8. The normalized spacial score (nSPS) is 17.3. The van der Waals surface area contributed by atoms with Crippen molar-refractivity contribution in [2.45, 2.75) is 52.0 Å². The largest absolute Gasteiger partial charge is 0.317 e. The van der Waals surface area contributed by atoms with Gasteiger partial charge in [0.15, 0.2) is 0 Å². The Morgan fingerprint density at radius 2 is 2.29 bits per heavy atom. The summed E-state index contributed by atoms with van der Waals surface area (Å²) in [5.41, 5.74) is 1.38. The number of nitrogens with one attached hydrogen (secondary N) is 1. The van der Waals surface area contributed by atoms with Gasteiger partial charge in [-0.2, -0.15) is 5.10 Å². The molecule has 0 saturated heterocycles. The Morgan fingerprint density at radius 1 is 1.47 bits per heavy atom. The van der Waals surface area contributed by atoms with Gasteiger partial charge in [0.2, 0.25) is 0 Å². The number of hydrogen-bond donors (Lipinski definition) is 1. The highest BCUT2D eigenvalue weighted by Crippen LogP contribution is 2.39. The third-order valence-electron chi connectivity index (χ3n) is 3.62. The topological polar surface area (TPSA) is 29.9 Å². The summed E-state index contributed by atoms with van der Waals surface area (Å²) in [4.78, 5) is 0. The van der Waals surface area contributed by atoms with E-state index in [-0.39, 0.29) is 0 Å². The third-order valence-corrected chi connectivity index (χ3v) is 3.62. The molecule has 3 heteroatoms. The van der Waals surface area contributed by atoms with E-state index in [1.165, 1.54) is 31.2 Å². The van der Waals surface area contributed by atoms with E-state index in [0.29, 0.717) is 6.04 Å². The van der Waals surface area contributed by atoms with Crippen molar-refractivity contribution in [1.82, 2.24) is 15.1 Å². The van der Waals surface area contributed by atoms with Crippen molar-refractivity contribution >= 4 is 0 Å². The van der Waals surface area contributed by atoms with Gasteiger partial charge in [-0.1, -0.05) is 6.92 Å². The Kier molecular flexibility index (Phi) is 4.60. The van der Waals surface area contributed by atoms with Gasteiger partial charge in [-0.25, -0.2) is 0 Å². The Morgan fingerprint density at radius 3 is 3.00 bits per heavy atom. The maximum absolute atomic E-state index is 4.49. The van der Waals surface area contributed by atoms with E-state index in [4.69, 9.17) is 0 Å². The van der Waals surface area contributed by atoms with Crippen molar-refractivity contribution < 1.29 is 0 Å². The van der Waals surface area contributed by atoms with Crippen molar-refractivity contribution in [2.24, 2.45) is 5.92 Å². The van der Waals surface area contributed by atoms with Crippen LogP contribution in [0.15, 0.2) is 12.4 Å². The summed E-state index contributed by atoms with van der Waals surface area (Å²) in [5, 5.41) is 7.92. The lowest BCUT2D eigenvalue weighted by Crippen LogP contribution is -2.16. The molecule has 1 unspecified atom stereocenters. The lowest BCUT2D eigenvalue weighted by Gasteiger charge is -2.09. The van der Waals surface area contributed by atoms with Crippen LogP contribution in [0.25, 0.3) is 0 Å². The van der Waals surface area contributed by atoms with E-state index in [9.17, 15) is 0 Å².